The molecule has 0 amide bonds. The van der Waals surface area contributed by atoms with Crippen LogP contribution in [0.2, 0.25) is 0 Å². The summed E-state index contributed by atoms with van der Waals surface area (Å²) in [6, 6.07) is 0. The fourth-order valence-corrected chi connectivity index (χ4v) is 0.235. The Morgan fingerprint density at radius 3 is 2.50 bits per heavy atom. The Morgan fingerprint density at radius 2 is 2.33 bits per heavy atom. The van der Waals surface area contributed by atoms with Crippen molar-refractivity contribution in [2.75, 3.05) is 0 Å². The minimum absolute atomic E-state index is 1.68. The van der Waals surface area contributed by atoms with Gasteiger partial charge >= 0.3 is 0 Å². The molecule has 0 fully saturated rings. The highest BCUT2D eigenvalue weighted by atomic mass is 31.0. The van der Waals surface area contributed by atoms with E-state index >= 15 is 0 Å². The molecule has 0 aliphatic rings. The SMILES string of the molecule is C=CC=C=CP. The van der Waals surface area contributed by atoms with Crippen LogP contribution in [-0.4, -0.2) is 0 Å². The normalized spacial score (nSPS) is 5.50. The summed E-state index contributed by atoms with van der Waals surface area (Å²) in [6.07, 6.45) is 3.42. The maximum atomic E-state index is 3.45. The van der Waals surface area contributed by atoms with Gasteiger partial charge in [-0.15, -0.1) is 15.0 Å². The molecule has 6 heavy (non-hydrogen) atoms. The summed E-state index contributed by atoms with van der Waals surface area (Å²) in [5.74, 6) is 1.75. The monoisotopic (exact) mass is 98.0 g/mol. The minimum atomic E-state index is 1.68. The second-order valence-corrected chi connectivity index (χ2v) is 1.07. The van der Waals surface area contributed by atoms with Gasteiger partial charge in [0.15, 0.2) is 0 Å². The molecule has 1 unspecified atom stereocenters. The third-order valence-corrected chi connectivity index (χ3v) is 0.503. The lowest BCUT2D eigenvalue weighted by atomic mass is 10.6. The number of hydrogen-bond acceptors (Lipinski definition) is 0. The smallest absolute Gasteiger partial charge is 0.0205 e. The van der Waals surface area contributed by atoms with Crippen LogP contribution in [0.25, 0.3) is 0 Å². The van der Waals surface area contributed by atoms with Gasteiger partial charge in [0.1, 0.15) is 0 Å². The molecule has 0 heterocycles. The Labute approximate surface area is 40.5 Å². The summed E-state index contributed by atoms with van der Waals surface area (Å²) in [5, 5.41) is 0. The Bertz CT molecular complexity index is 86.1. The molecule has 0 bridgehead atoms. The molecule has 0 nitrogen and oxygen atoms in total. The highest BCUT2D eigenvalue weighted by molar-refractivity contribution is 7.20. The summed E-state index contributed by atoms with van der Waals surface area (Å²) in [5.41, 5.74) is 2.79. The Morgan fingerprint density at radius 1 is 1.67 bits per heavy atom. The molecule has 32 valence electrons. The molecule has 0 saturated heterocycles. The summed E-state index contributed by atoms with van der Waals surface area (Å²) in [6.45, 7) is 3.45. The average molecular weight is 98.1 g/mol. The maximum Gasteiger partial charge on any atom is -0.0205 e. The van der Waals surface area contributed by atoms with Gasteiger partial charge in [0, 0.05) is 0 Å². The lowest BCUT2D eigenvalue weighted by Crippen LogP contribution is -1.29. The van der Waals surface area contributed by atoms with Gasteiger partial charge in [-0.25, -0.2) is 0 Å². The highest BCUT2D eigenvalue weighted by Gasteiger charge is 1.42. The Hall–Kier alpha value is -0.310. The van der Waals surface area contributed by atoms with Gasteiger partial charge < -0.3 is 0 Å². The summed E-state index contributed by atoms with van der Waals surface area (Å²) in [4.78, 5) is 0. The summed E-state index contributed by atoms with van der Waals surface area (Å²) in [7, 11) is 2.41. The van der Waals surface area contributed by atoms with Gasteiger partial charge in [-0.3, -0.25) is 0 Å². The van der Waals surface area contributed by atoms with Gasteiger partial charge in [-0.2, -0.15) is 0 Å². The molecule has 0 aliphatic carbocycles. The predicted molar refractivity (Wildman–Crippen MR) is 32.6 cm³/mol. The topological polar surface area (TPSA) is 0 Å². The van der Waals surface area contributed by atoms with Crippen molar-refractivity contribution in [2.24, 2.45) is 0 Å². The van der Waals surface area contributed by atoms with Crippen LogP contribution < -0.4 is 0 Å². The third kappa shape index (κ3) is 3.69. The first-order valence-electron chi connectivity index (χ1n) is 1.65. The van der Waals surface area contributed by atoms with E-state index in [1.807, 2.05) is 0 Å². The largest absolute Gasteiger partial charge is 0.121 e. The zero-order chi connectivity index (χ0) is 4.83. The van der Waals surface area contributed by atoms with E-state index in [-0.39, 0.29) is 0 Å². The van der Waals surface area contributed by atoms with E-state index in [0.29, 0.717) is 0 Å². The second-order valence-electron chi connectivity index (χ2n) is 0.736. The molecular formula is C5H7P. The molecule has 1 atom stereocenters. The molecule has 0 rings (SSSR count). The zero-order valence-electron chi connectivity index (χ0n) is 3.52. The van der Waals surface area contributed by atoms with Crippen LogP contribution in [0.5, 0.6) is 0 Å². The van der Waals surface area contributed by atoms with Crippen LogP contribution >= 0.6 is 9.24 Å². The summed E-state index contributed by atoms with van der Waals surface area (Å²) >= 11 is 0. The van der Waals surface area contributed by atoms with Gasteiger partial charge in [0.05, 0.1) is 0 Å². The molecule has 0 N–H and O–H groups in total. The van der Waals surface area contributed by atoms with E-state index in [0.717, 1.165) is 0 Å². The van der Waals surface area contributed by atoms with Crippen molar-refractivity contribution in [1.29, 1.82) is 0 Å². The average Bonchev–Trinajstić information content (AvgIpc) is 1.61. The molecule has 0 aromatic rings. The van der Waals surface area contributed by atoms with Crippen molar-refractivity contribution in [3.05, 3.63) is 30.3 Å². The first kappa shape index (κ1) is 5.69. The van der Waals surface area contributed by atoms with Crippen LogP contribution in [0.1, 0.15) is 0 Å². The van der Waals surface area contributed by atoms with Gasteiger partial charge in [-0.05, 0) is 11.9 Å². The van der Waals surface area contributed by atoms with Crippen molar-refractivity contribution in [3.8, 4) is 0 Å². The first-order chi connectivity index (χ1) is 2.91. The molecule has 0 aromatic heterocycles. The van der Waals surface area contributed by atoms with E-state index in [4.69, 9.17) is 0 Å². The van der Waals surface area contributed by atoms with Crippen LogP contribution in [0.4, 0.5) is 0 Å². The van der Waals surface area contributed by atoms with E-state index < -0.39 is 0 Å². The maximum absolute atomic E-state index is 3.45. The molecule has 1 heteroatoms. The lowest BCUT2D eigenvalue weighted by Gasteiger charge is -1.53. The van der Waals surface area contributed by atoms with Crippen molar-refractivity contribution in [2.45, 2.75) is 0 Å². The van der Waals surface area contributed by atoms with E-state index in [2.05, 4.69) is 21.5 Å². The van der Waals surface area contributed by atoms with Gasteiger partial charge in [0.2, 0.25) is 0 Å². The minimum Gasteiger partial charge on any atom is -0.121 e. The first-order valence-corrected chi connectivity index (χ1v) is 2.32. The van der Waals surface area contributed by atoms with Crippen LogP contribution in [0.15, 0.2) is 30.3 Å². The zero-order valence-corrected chi connectivity index (χ0v) is 4.67. The number of allylic oxidation sites excluding steroid dienone is 2. The van der Waals surface area contributed by atoms with E-state index in [1.54, 1.807) is 18.0 Å². The molecule has 0 saturated carbocycles. The van der Waals surface area contributed by atoms with Crippen molar-refractivity contribution in [3.63, 3.8) is 0 Å². The fourth-order valence-electron chi connectivity index (χ4n) is 0.124. The fraction of sp³-hybridized carbons (Fsp3) is 0. The molecule has 0 aliphatic heterocycles. The van der Waals surface area contributed by atoms with Crippen molar-refractivity contribution in [1.82, 2.24) is 0 Å². The molecule has 0 aromatic carbocycles. The lowest BCUT2D eigenvalue weighted by molar-refractivity contribution is 2.09. The Kier molecular flexibility index (Phi) is 4.45. The standard InChI is InChI=1S/C5H7P/c1-2-3-4-5-6/h2-3,5H,1,6H2. The van der Waals surface area contributed by atoms with Gasteiger partial charge in [-0.1, -0.05) is 12.7 Å². The molecule has 0 radical (unpaired) electrons. The third-order valence-electron chi connectivity index (χ3n) is 0.310. The van der Waals surface area contributed by atoms with E-state index in [1.165, 1.54) is 0 Å². The van der Waals surface area contributed by atoms with Crippen LogP contribution in [0, 0.1) is 0 Å². The van der Waals surface area contributed by atoms with Crippen LogP contribution in [0.3, 0.4) is 0 Å². The number of hydrogen-bond donors (Lipinski definition) is 0. The van der Waals surface area contributed by atoms with Crippen LogP contribution in [-0.2, 0) is 0 Å². The quantitative estimate of drug-likeness (QED) is 0.266. The predicted octanol–water partition coefficient (Wildman–Crippen LogP) is 1.72. The van der Waals surface area contributed by atoms with Crippen molar-refractivity contribution >= 4 is 9.24 Å². The highest BCUT2D eigenvalue weighted by Crippen LogP contribution is 1.76. The van der Waals surface area contributed by atoms with Gasteiger partial charge in [0.25, 0.3) is 0 Å². The van der Waals surface area contributed by atoms with Crippen molar-refractivity contribution < 1.29 is 0 Å². The second kappa shape index (κ2) is 4.69. The molecule has 0 spiro atoms. The molecular weight excluding hydrogens is 91.0 g/mol. The number of rotatable bonds is 1. The van der Waals surface area contributed by atoms with E-state index in [9.17, 15) is 0 Å². The Balaban J connectivity index is 3.46. The summed E-state index contributed by atoms with van der Waals surface area (Å²) < 4.78 is 0.